The fourth-order valence-electron chi connectivity index (χ4n) is 2.29. The number of benzene rings is 2. The lowest BCUT2D eigenvalue weighted by Crippen LogP contribution is -2.11. The van der Waals surface area contributed by atoms with Gasteiger partial charge in [0.15, 0.2) is 0 Å². The van der Waals surface area contributed by atoms with Crippen LogP contribution in [-0.4, -0.2) is 7.11 Å². The van der Waals surface area contributed by atoms with Crippen molar-refractivity contribution in [2.75, 3.05) is 12.4 Å². The first-order chi connectivity index (χ1) is 9.65. The number of anilines is 1. The normalized spacial score (nSPS) is 12.0. The summed E-state index contributed by atoms with van der Waals surface area (Å²) in [6, 6.07) is 14.2. The molecule has 0 aliphatic rings. The Morgan fingerprint density at radius 1 is 1.20 bits per heavy atom. The van der Waals surface area contributed by atoms with E-state index in [1.165, 1.54) is 5.56 Å². The molecule has 2 rings (SSSR count). The Bertz CT molecular complexity index is 583. The van der Waals surface area contributed by atoms with Crippen molar-refractivity contribution in [2.45, 2.75) is 26.3 Å². The second kappa shape index (κ2) is 6.67. The molecule has 2 aromatic rings. The quantitative estimate of drug-likeness (QED) is 0.815. The molecule has 20 heavy (non-hydrogen) atoms. The van der Waals surface area contributed by atoms with Gasteiger partial charge in [0.1, 0.15) is 5.75 Å². The summed E-state index contributed by atoms with van der Waals surface area (Å²) in [5, 5.41) is 4.31. The molecule has 0 heterocycles. The molecule has 0 aliphatic carbocycles. The van der Waals surface area contributed by atoms with Gasteiger partial charge in [-0.2, -0.15) is 0 Å². The zero-order valence-corrected chi connectivity index (χ0v) is 12.9. The van der Waals surface area contributed by atoms with Gasteiger partial charge in [-0.3, -0.25) is 0 Å². The smallest absolute Gasteiger partial charge is 0.124 e. The number of hydrogen-bond acceptors (Lipinski definition) is 2. The second-order valence-corrected chi connectivity index (χ2v) is 5.24. The number of hydrogen-bond donors (Lipinski definition) is 1. The van der Waals surface area contributed by atoms with E-state index in [0.29, 0.717) is 0 Å². The number of halogens is 1. The molecule has 1 N–H and O–H groups in total. The van der Waals surface area contributed by atoms with Crippen molar-refractivity contribution in [2.24, 2.45) is 0 Å². The van der Waals surface area contributed by atoms with Crippen molar-refractivity contribution >= 4 is 17.3 Å². The molecule has 3 heteroatoms. The fraction of sp³-hybridized carbons (Fsp3) is 0.294. The highest BCUT2D eigenvalue weighted by molar-refractivity contribution is 6.30. The van der Waals surface area contributed by atoms with Crippen molar-refractivity contribution in [1.82, 2.24) is 0 Å². The Hall–Kier alpha value is -1.67. The van der Waals surface area contributed by atoms with Gasteiger partial charge in [0.05, 0.1) is 13.2 Å². The first kappa shape index (κ1) is 14.7. The summed E-state index contributed by atoms with van der Waals surface area (Å²) in [5.41, 5.74) is 3.41. The van der Waals surface area contributed by atoms with Gasteiger partial charge in [0.2, 0.25) is 0 Å². The second-order valence-electron chi connectivity index (χ2n) is 4.81. The van der Waals surface area contributed by atoms with Crippen LogP contribution >= 0.6 is 11.6 Å². The van der Waals surface area contributed by atoms with Crippen LogP contribution in [0.2, 0.25) is 5.02 Å². The number of rotatable bonds is 5. The zero-order chi connectivity index (χ0) is 14.5. The Morgan fingerprint density at radius 3 is 2.65 bits per heavy atom. The molecule has 1 atom stereocenters. The lowest BCUT2D eigenvalue weighted by atomic mass is 10.0. The molecule has 0 saturated heterocycles. The van der Waals surface area contributed by atoms with Crippen molar-refractivity contribution < 1.29 is 4.74 Å². The van der Waals surface area contributed by atoms with E-state index in [2.05, 4.69) is 25.2 Å². The standard InChI is InChI=1S/C17H20ClNO/c1-4-15(14-7-5-6-8-17(14)20-3)19-16-11-13(18)10-9-12(16)2/h5-11,15,19H,4H2,1-3H3. The molecule has 2 aromatic carbocycles. The minimum Gasteiger partial charge on any atom is -0.496 e. The molecule has 0 spiro atoms. The molecule has 0 saturated carbocycles. The van der Waals surface area contributed by atoms with Gasteiger partial charge in [-0.05, 0) is 37.1 Å². The molecule has 1 unspecified atom stereocenters. The van der Waals surface area contributed by atoms with Gasteiger partial charge in [0, 0.05) is 16.3 Å². The van der Waals surface area contributed by atoms with Crippen molar-refractivity contribution in [3.05, 3.63) is 58.6 Å². The monoisotopic (exact) mass is 289 g/mol. The van der Waals surface area contributed by atoms with Crippen LogP contribution in [-0.2, 0) is 0 Å². The number of para-hydroxylation sites is 1. The largest absolute Gasteiger partial charge is 0.496 e. The average molecular weight is 290 g/mol. The lowest BCUT2D eigenvalue weighted by Gasteiger charge is -2.22. The maximum Gasteiger partial charge on any atom is 0.124 e. The fourth-order valence-corrected chi connectivity index (χ4v) is 2.46. The Balaban J connectivity index is 2.31. The molecular formula is C17H20ClNO. The summed E-state index contributed by atoms with van der Waals surface area (Å²) < 4.78 is 5.45. The van der Waals surface area contributed by atoms with E-state index in [4.69, 9.17) is 16.3 Å². The molecule has 0 radical (unpaired) electrons. The topological polar surface area (TPSA) is 21.3 Å². The summed E-state index contributed by atoms with van der Waals surface area (Å²) in [6.45, 7) is 4.23. The summed E-state index contributed by atoms with van der Waals surface area (Å²) in [6.07, 6.45) is 0.965. The molecule has 0 amide bonds. The third kappa shape index (κ3) is 3.26. The molecule has 0 bridgehead atoms. The average Bonchev–Trinajstić information content (AvgIpc) is 2.48. The first-order valence-corrected chi connectivity index (χ1v) is 7.19. The van der Waals surface area contributed by atoms with E-state index in [1.807, 2.05) is 36.4 Å². The van der Waals surface area contributed by atoms with Crippen LogP contribution in [0.25, 0.3) is 0 Å². The van der Waals surface area contributed by atoms with Crippen molar-refractivity contribution in [1.29, 1.82) is 0 Å². The highest BCUT2D eigenvalue weighted by Crippen LogP contribution is 2.31. The van der Waals surface area contributed by atoms with E-state index >= 15 is 0 Å². The number of nitrogens with one attached hydrogen (secondary N) is 1. The number of ether oxygens (including phenoxy) is 1. The van der Waals surface area contributed by atoms with Gasteiger partial charge < -0.3 is 10.1 Å². The molecular weight excluding hydrogens is 270 g/mol. The van der Waals surface area contributed by atoms with Crippen LogP contribution in [0.3, 0.4) is 0 Å². The van der Waals surface area contributed by atoms with Crippen LogP contribution in [0.5, 0.6) is 5.75 Å². The maximum atomic E-state index is 6.08. The van der Waals surface area contributed by atoms with Crippen LogP contribution in [0.1, 0.15) is 30.5 Å². The predicted octanol–water partition coefficient (Wildman–Crippen LogP) is 5.22. The van der Waals surface area contributed by atoms with E-state index in [0.717, 1.165) is 28.4 Å². The van der Waals surface area contributed by atoms with Gasteiger partial charge in [-0.15, -0.1) is 0 Å². The SMILES string of the molecule is CCC(Nc1cc(Cl)ccc1C)c1ccccc1OC. The van der Waals surface area contributed by atoms with Crippen LogP contribution in [0, 0.1) is 6.92 Å². The third-order valence-electron chi connectivity index (χ3n) is 3.45. The zero-order valence-electron chi connectivity index (χ0n) is 12.1. The van der Waals surface area contributed by atoms with Gasteiger partial charge >= 0.3 is 0 Å². The molecule has 0 fully saturated rings. The Labute approximate surface area is 125 Å². The highest BCUT2D eigenvalue weighted by Gasteiger charge is 2.14. The number of aryl methyl sites for hydroxylation is 1. The maximum absolute atomic E-state index is 6.08. The van der Waals surface area contributed by atoms with Crippen molar-refractivity contribution in [3.63, 3.8) is 0 Å². The van der Waals surface area contributed by atoms with Crippen LogP contribution in [0.15, 0.2) is 42.5 Å². The molecule has 2 nitrogen and oxygen atoms in total. The van der Waals surface area contributed by atoms with E-state index < -0.39 is 0 Å². The van der Waals surface area contributed by atoms with E-state index in [9.17, 15) is 0 Å². The molecule has 0 aromatic heterocycles. The van der Waals surface area contributed by atoms with Gasteiger partial charge in [-0.25, -0.2) is 0 Å². The summed E-state index contributed by atoms with van der Waals surface area (Å²) in [4.78, 5) is 0. The third-order valence-corrected chi connectivity index (χ3v) is 3.69. The lowest BCUT2D eigenvalue weighted by molar-refractivity contribution is 0.406. The van der Waals surface area contributed by atoms with E-state index in [-0.39, 0.29) is 6.04 Å². The molecule has 106 valence electrons. The molecule has 0 aliphatic heterocycles. The van der Waals surface area contributed by atoms with Crippen LogP contribution in [0.4, 0.5) is 5.69 Å². The Kier molecular flexibility index (Phi) is 4.91. The highest BCUT2D eigenvalue weighted by atomic mass is 35.5. The van der Waals surface area contributed by atoms with Gasteiger partial charge in [0.25, 0.3) is 0 Å². The van der Waals surface area contributed by atoms with E-state index in [1.54, 1.807) is 7.11 Å². The first-order valence-electron chi connectivity index (χ1n) is 6.81. The summed E-state index contributed by atoms with van der Waals surface area (Å²) in [7, 11) is 1.70. The van der Waals surface area contributed by atoms with Gasteiger partial charge in [-0.1, -0.05) is 42.8 Å². The summed E-state index contributed by atoms with van der Waals surface area (Å²) >= 11 is 6.08. The van der Waals surface area contributed by atoms with Crippen LogP contribution < -0.4 is 10.1 Å². The summed E-state index contributed by atoms with van der Waals surface area (Å²) in [5.74, 6) is 0.909. The minimum atomic E-state index is 0.198. The Morgan fingerprint density at radius 2 is 1.95 bits per heavy atom. The van der Waals surface area contributed by atoms with Crippen molar-refractivity contribution in [3.8, 4) is 5.75 Å². The predicted molar refractivity (Wildman–Crippen MR) is 85.8 cm³/mol. The number of methoxy groups -OCH3 is 1. The minimum absolute atomic E-state index is 0.198.